The van der Waals surface area contributed by atoms with Crippen LogP contribution in [-0.4, -0.2) is 28.9 Å². The summed E-state index contributed by atoms with van der Waals surface area (Å²) in [5.74, 6) is 1.44. The van der Waals surface area contributed by atoms with E-state index < -0.39 is 11.5 Å². The van der Waals surface area contributed by atoms with Crippen molar-refractivity contribution in [2.24, 2.45) is 0 Å². The number of carbonyl (C=O) groups is 1. The Morgan fingerprint density at radius 1 is 1.48 bits per heavy atom. The zero-order chi connectivity index (χ0) is 18.2. The molecule has 1 aromatic heterocycles. The van der Waals surface area contributed by atoms with Gasteiger partial charge in [0, 0.05) is 12.0 Å². The summed E-state index contributed by atoms with van der Waals surface area (Å²) in [5, 5.41) is 16.2. The van der Waals surface area contributed by atoms with E-state index in [0.717, 1.165) is 5.56 Å². The smallest absolute Gasteiger partial charge is 0.274 e. The number of methoxy groups -OCH3 is 1. The van der Waals surface area contributed by atoms with Gasteiger partial charge in [-0.15, -0.1) is 0 Å². The number of benzene rings is 1. The number of hydrogen-bond donors (Lipinski definition) is 2. The van der Waals surface area contributed by atoms with Gasteiger partial charge in [0.1, 0.15) is 22.9 Å². The minimum Gasteiger partial charge on any atom is -0.497 e. The minimum atomic E-state index is -0.431. The molecule has 7 nitrogen and oxygen atoms in total. The first-order chi connectivity index (χ1) is 11.8. The molecule has 1 aromatic carbocycles. The molecule has 1 atom stereocenters. The summed E-state index contributed by atoms with van der Waals surface area (Å²) in [6.45, 7) is 5.30. The number of aromatic nitrogens is 1. The maximum atomic E-state index is 12.7. The van der Waals surface area contributed by atoms with Crippen LogP contribution in [0, 0.1) is 6.92 Å². The van der Waals surface area contributed by atoms with Crippen LogP contribution in [0.5, 0.6) is 11.5 Å². The molecule has 25 heavy (non-hydrogen) atoms. The van der Waals surface area contributed by atoms with Crippen LogP contribution in [0.4, 0.5) is 0 Å². The largest absolute Gasteiger partial charge is 0.497 e. The molecular weight excluding hydrogens is 324 g/mol. The Kier molecular flexibility index (Phi) is 4.43. The van der Waals surface area contributed by atoms with Crippen LogP contribution >= 0.6 is 0 Å². The number of aryl methyl sites for hydroxylation is 1. The van der Waals surface area contributed by atoms with Crippen molar-refractivity contribution in [2.45, 2.75) is 45.4 Å². The molecule has 0 spiro atoms. The fraction of sp³-hybridized carbons (Fsp3) is 0.444. The van der Waals surface area contributed by atoms with Crippen molar-refractivity contribution in [1.82, 2.24) is 10.5 Å². The van der Waals surface area contributed by atoms with Gasteiger partial charge in [-0.25, -0.2) is 0 Å². The molecule has 2 heterocycles. The summed E-state index contributed by atoms with van der Waals surface area (Å²) in [7, 11) is 1.59. The monoisotopic (exact) mass is 346 g/mol. The van der Waals surface area contributed by atoms with Crippen molar-refractivity contribution >= 4 is 5.91 Å². The summed E-state index contributed by atoms with van der Waals surface area (Å²) in [6, 6.07) is 5.25. The number of hydrogen-bond acceptors (Lipinski definition) is 6. The SMILES string of the molecule is COc1ccc2c(c1)C(NC(=O)c1noc(C)c1CO)CC(C)(C)O2. The number of amides is 1. The summed E-state index contributed by atoms with van der Waals surface area (Å²) >= 11 is 0. The van der Waals surface area contributed by atoms with Crippen LogP contribution in [0.15, 0.2) is 22.7 Å². The fourth-order valence-corrected chi connectivity index (χ4v) is 3.07. The van der Waals surface area contributed by atoms with Gasteiger partial charge in [0.2, 0.25) is 0 Å². The van der Waals surface area contributed by atoms with Crippen molar-refractivity contribution in [2.75, 3.05) is 7.11 Å². The topological polar surface area (TPSA) is 93.8 Å². The van der Waals surface area contributed by atoms with Crippen molar-refractivity contribution < 1.29 is 23.9 Å². The molecule has 0 fully saturated rings. The van der Waals surface area contributed by atoms with E-state index in [-0.39, 0.29) is 18.3 Å². The molecule has 3 rings (SSSR count). The number of rotatable bonds is 4. The first-order valence-corrected chi connectivity index (χ1v) is 8.08. The molecular formula is C18H22N2O5. The molecule has 134 valence electrons. The van der Waals surface area contributed by atoms with Crippen molar-refractivity contribution in [1.29, 1.82) is 0 Å². The highest BCUT2D eigenvalue weighted by atomic mass is 16.5. The van der Waals surface area contributed by atoms with Crippen molar-refractivity contribution in [3.63, 3.8) is 0 Å². The van der Waals surface area contributed by atoms with E-state index >= 15 is 0 Å². The van der Waals surface area contributed by atoms with Crippen LogP contribution in [-0.2, 0) is 6.61 Å². The van der Waals surface area contributed by atoms with Gasteiger partial charge in [-0.1, -0.05) is 5.16 Å². The lowest BCUT2D eigenvalue weighted by molar-refractivity contribution is 0.0614. The Morgan fingerprint density at radius 3 is 2.92 bits per heavy atom. The molecule has 0 radical (unpaired) electrons. The summed E-state index contributed by atoms with van der Waals surface area (Å²) in [6.07, 6.45) is 0.587. The van der Waals surface area contributed by atoms with Crippen LogP contribution in [0.25, 0.3) is 0 Å². The van der Waals surface area contributed by atoms with E-state index in [4.69, 9.17) is 14.0 Å². The molecule has 1 amide bonds. The zero-order valence-corrected chi connectivity index (χ0v) is 14.8. The van der Waals surface area contributed by atoms with Gasteiger partial charge in [0.05, 0.1) is 25.3 Å². The normalized spacial score (nSPS) is 18.2. The first kappa shape index (κ1) is 17.3. The first-order valence-electron chi connectivity index (χ1n) is 8.08. The quantitative estimate of drug-likeness (QED) is 0.883. The molecule has 1 aliphatic rings. The van der Waals surface area contributed by atoms with Gasteiger partial charge in [-0.05, 0) is 39.0 Å². The van der Waals surface area contributed by atoms with Crippen LogP contribution in [0.1, 0.15) is 53.7 Å². The lowest BCUT2D eigenvalue weighted by Crippen LogP contribution is -2.41. The maximum absolute atomic E-state index is 12.7. The second-order valence-electron chi connectivity index (χ2n) is 6.72. The van der Waals surface area contributed by atoms with E-state index in [0.29, 0.717) is 29.2 Å². The Hall–Kier alpha value is -2.54. The van der Waals surface area contributed by atoms with Gasteiger partial charge < -0.3 is 24.4 Å². The fourth-order valence-electron chi connectivity index (χ4n) is 3.07. The zero-order valence-electron chi connectivity index (χ0n) is 14.8. The number of fused-ring (bicyclic) bond motifs is 1. The number of nitrogens with zero attached hydrogens (tertiary/aromatic N) is 1. The summed E-state index contributed by atoms with van der Waals surface area (Å²) < 4.78 is 16.3. The number of aliphatic hydroxyl groups is 1. The molecule has 2 aromatic rings. The van der Waals surface area contributed by atoms with Crippen molar-refractivity contribution in [3.05, 3.63) is 40.8 Å². The Balaban J connectivity index is 1.92. The predicted molar refractivity (Wildman–Crippen MR) is 89.7 cm³/mol. The lowest BCUT2D eigenvalue weighted by Gasteiger charge is -2.38. The van der Waals surface area contributed by atoms with Crippen LogP contribution in [0.2, 0.25) is 0 Å². The predicted octanol–water partition coefficient (Wildman–Crippen LogP) is 2.52. The molecule has 2 N–H and O–H groups in total. The second kappa shape index (κ2) is 6.40. The Morgan fingerprint density at radius 2 is 2.24 bits per heavy atom. The summed E-state index contributed by atoms with van der Waals surface area (Å²) in [5.41, 5.74) is 0.917. The average molecular weight is 346 g/mol. The van der Waals surface area contributed by atoms with E-state index in [1.165, 1.54) is 0 Å². The molecule has 0 saturated carbocycles. The standard InChI is InChI=1S/C18H22N2O5/c1-10-13(9-21)16(20-25-10)17(22)19-14-8-18(2,3)24-15-6-5-11(23-4)7-12(14)15/h5-7,14,21H,8-9H2,1-4H3,(H,19,22). The lowest BCUT2D eigenvalue weighted by atomic mass is 9.89. The molecule has 0 aliphatic carbocycles. The highest BCUT2D eigenvalue weighted by Crippen LogP contribution is 2.41. The van der Waals surface area contributed by atoms with Gasteiger partial charge in [0.25, 0.3) is 5.91 Å². The van der Waals surface area contributed by atoms with Crippen molar-refractivity contribution in [3.8, 4) is 11.5 Å². The third-order valence-electron chi connectivity index (χ3n) is 4.34. The minimum absolute atomic E-state index is 0.105. The number of carbonyl (C=O) groups excluding carboxylic acids is 1. The second-order valence-corrected chi connectivity index (χ2v) is 6.72. The highest BCUT2D eigenvalue weighted by molar-refractivity contribution is 5.94. The van der Waals surface area contributed by atoms with E-state index in [2.05, 4.69) is 10.5 Å². The molecule has 0 bridgehead atoms. The number of ether oxygens (including phenoxy) is 2. The van der Waals surface area contributed by atoms with E-state index in [1.807, 2.05) is 32.0 Å². The third-order valence-corrected chi connectivity index (χ3v) is 4.34. The Bertz CT molecular complexity index is 797. The van der Waals surface area contributed by atoms with Gasteiger partial charge in [-0.3, -0.25) is 4.79 Å². The summed E-state index contributed by atoms with van der Waals surface area (Å²) in [4.78, 5) is 12.7. The highest BCUT2D eigenvalue weighted by Gasteiger charge is 2.35. The Labute approximate surface area is 145 Å². The van der Waals surface area contributed by atoms with E-state index in [9.17, 15) is 9.90 Å². The molecule has 1 aliphatic heterocycles. The molecule has 1 unspecified atom stereocenters. The van der Waals surface area contributed by atoms with Gasteiger partial charge >= 0.3 is 0 Å². The number of nitrogens with one attached hydrogen (secondary N) is 1. The van der Waals surface area contributed by atoms with Crippen LogP contribution in [0.3, 0.4) is 0 Å². The molecule has 0 saturated heterocycles. The van der Waals surface area contributed by atoms with Gasteiger partial charge in [-0.2, -0.15) is 0 Å². The average Bonchev–Trinajstić information content (AvgIpc) is 2.94. The number of aliphatic hydroxyl groups excluding tert-OH is 1. The van der Waals surface area contributed by atoms with Crippen LogP contribution < -0.4 is 14.8 Å². The maximum Gasteiger partial charge on any atom is 0.274 e. The third kappa shape index (κ3) is 3.32. The van der Waals surface area contributed by atoms with E-state index in [1.54, 1.807) is 14.0 Å². The van der Waals surface area contributed by atoms with Gasteiger partial charge in [0.15, 0.2) is 5.69 Å². The molecule has 7 heteroatoms.